The van der Waals surface area contributed by atoms with Crippen molar-refractivity contribution >= 4 is 21.9 Å². The van der Waals surface area contributed by atoms with Crippen LogP contribution in [0.4, 0.5) is 4.39 Å². The molecule has 0 saturated carbocycles. The van der Waals surface area contributed by atoms with Crippen molar-refractivity contribution in [1.82, 2.24) is 4.90 Å². The Bertz CT molecular complexity index is 483. The number of aliphatic hydroxyl groups excluding tert-OH is 1. The van der Waals surface area contributed by atoms with E-state index in [9.17, 15) is 14.3 Å². The SMILES string of the molecule is COC(=O)[C@H]1C[C@H](O)CN1Cc1ccc(Br)c(F)c1. The van der Waals surface area contributed by atoms with Crippen LogP contribution in [0.15, 0.2) is 22.7 Å². The molecule has 1 heterocycles. The Morgan fingerprint density at radius 2 is 2.37 bits per heavy atom. The van der Waals surface area contributed by atoms with Gasteiger partial charge in [0.2, 0.25) is 0 Å². The van der Waals surface area contributed by atoms with Crippen LogP contribution in [-0.4, -0.2) is 41.8 Å². The Morgan fingerprint density at radius 3 is 3.00 bits per heavy atom. The van der Waals surface area contributed by atoms with Crippen molar-refractivity contribution < 1.29 is 19.0 Å². The molecular weight excluding hydrogens is 317 g/mol. The third-order valence-corrected chi connectivity index (χ3v) is 3.87. The van der Waals surface area contributed by atoms with Crippen LogP contribution in [0.2, 0.25) is 0 Å². The van der Waals surface area contributed by atoms with Gasteiger partial charge in [0, 0.05) is 19.5 Å². The van der Waals surface area contributed by atoms with Crippen molar-refractivity contribution in [3.8, 4) is 0 Å². The van der Waals surface area contributed by atoms with Crippen LogP contribution in [0.3, 0.4) is 0 Å². The second kappa shape index (κ2) is 5.98. The number of likely N-dealkylation sites (tertiary alicyclic amines) is 1. The van der Waals surface area contributed by atoms with Crippen LogP contribution >= 0.6 is 15.9 Å². The lowest BCUT2D eigenvalue weighted by atomic mass is 10.1. The first-order valence-corrected chi connectivity index (χ1v) is 6.74. The van der Waals surface area contributed by atoms with E-state index >= 15 is 0 Å². The van der Waals surface area contributed by atoms with Crippen molar-refractivity contribution in [1.29, 1.82) is 0 Å². The fourth-order valence-electron chi connectivity index (χ4n) is 2.31. The largest absolute Gasteiger partial charge is 0.468 e. The van der Waals surface area contributed by atoms with Gasteiger partial charge in [-0.15, -0.1) is 0 Å². The van der Waals surface area contributed by atoms with E-state index in [1.54, 1.807) is 17.0 Å². The quantitative estimate of drug-likeness (QED) is 0.856. The molecule has 0 radical (unpaired) electrons. The Labute approximate surface area is 119 Å². The monoisotopic (exact) mass is 331 g/mol. The number of benzene rings is 1. The van der Waals surface area contributed by atoms with Gasteiger partial charge in [0.1, 0.15) is 11.9 Å². The maximum Gasteiger partial charge on any atom is 0.323 e. The summed E-state index contributed by atoms with van der Waals surface area (Å²) >= 11 is 3.10. The number of esters is 1. The molecule has 0 bridgehead atoms. The molecule has 4 nitrogen and oxygen atoms in total. The van der Waals surface area contributed by atoms with Gasteiger partial charge in [-0.1, -0.05) is 6.07 Å². The summed E-state index contributed by atoms with van der Waals surface area (Å²) in [6.07, 6.45) is -0.199. The van der Waals surface area contributed by atoms with Crippen LogP contribution < -0.4 is 0 Å². The molecule has 1 aromatic rings. The Morgan fingerprint density at radius 1 is 1.63 bits per heavy atom. The van der Waals surface area contributed by atoms with E-state index < -0.39 is 12.1 Å². The lowest BCUT2D eigenvalue weighted by Gasteiger charge is -2.22. The molecule has 0 unspecified atom stereocenters. The minimum atomic E-state index is -0.551. The first-order valence-electron chi connectivity index (χ1n) is 5.95. The van der Waals surface area contributed by atoms with Gasteiger partial charge in [0.15, 0.2) is 0 Å². The standard InChI is InChI=1S/C13H15BrFNO3/c1-19-13(18)12-5-9(17)7-16(12)6-8-2-3-10(14)11(15)4-8/h2-4,9,12,17H,5-7H2,1H3/t9-,12+/m0/s1. The molecule has 6 heteroatoms. The van der Waals surface area contributed by atoms with Crippen LogP contribution in [0.25, 0.3) is 0 Å². The predicted molar refractivity (Wildman–Crippen MR) is 70.9 cm³/mol. The smallest absolute Gasteiger partial charge is 0.323 e. The maximum atomic E-state index is 13.4. The third-order valence-electron chi connectivity index (χ3n) is 3.22. The molecule has 19 heavy (non-hydrogen) atoms. The highest BCUT2D eigenvalue weighted by atomic mass is 79.9. The molecule has 2 atom stereocenters. The van der Waals surface area contributed by atoms with Crippen LogP contribution in [0, 0.1) is 5.82 Å². The molecule has 1 aromatic carbocycles. The van der Waals surface area contributed by atoms with Gasteiger partial charge in [-0.25, -0.2) is 4.39 Å². The topological polar surface area (TPSA) is 49.8 Å². The van der Waals surface area contributed by atoms with E-state index in [4.69, 9.17) is 4.74 Å². The van der Waals surface area contributed by atoms with Crippen molar-refractivity contribution in [3.63, 3.8) is 0 Å². The van der Waals surface area contributed by atoms with Gasteiger partial charge in [-0.2, -0.15) is 0 Å². The number of hydrogen-bond acceptors (Lipinski definition) is 4. The molecule has 0 spiro atoms. The number of carbonyl (C=O) groups is 1. The van der Waals surface area contributed by atoms with Crippen molar-refractivity contribution in [2.24, 2.45) is 0 Å². The summed E-state index contributed by atoms with van der Waals surface area (Å²) in [7, 11) is 1.32. The van der Waals surface area contributed by atoms with Gasteiger partial charge >= 0.3 is 5.97 Å². The number of ether oxygens (including phenoxy) is 1. The van der Waals surface area contributed by atoms with E-state index in [0.29, 0.717) is 24.0 Å². The zero-order valence-corrected chi connectivity index (χ0v) is 12.1. The van der Waals surface area contributed by atoms with Gasteiger partial charge in [0.25, 0.3) is 0 Å². The van der Waals surface area contributed by atoms with Crippen LogP contribution in [0.5, 0.6) is 0 Å². The minimum Gasteiger partial charge on any atom is -0.468 e. The molecule has 2 rings (SSSR count). The highest BCUT2D eigenvalue weighted by molar-refractivity contribution is 9.10. The highest BCUT2D eigenvalue weighted by Gasteiger charge is 2.36. The molecule has 1 aliphatic heterocycles. The number of rotatable bonds is 3. The number of halogens is 2. The fourth-order valence-corrected chi connectivity index (χ4v) is 2.55. The summed E-state index contributed by atoms with van der Waals surface area (Å²) in [5, 5.41) is 9.66. The van der Waals surface area contributed by atoms with Crippen LogP contribution in [-0.2, 0) is 16.1 Å². The maximum absolute atomic E-state index is 13.4. The Balaban J connectivity index is 2.12. The number of nitrogens with zero attached hydrogens (tertiary/aromatic N) is 1. The summed E-state index contributed by atoms with van der Waals surface area (Å²) in [5.74, 6) is -0.707. The third kappa shape index (κ3) is 3.32. The molecule has 1 saturated heterocycles. The average molecular weight is 332 g/mol. The first-order chi connectivity index (χ1) is 9.01. The minimum absolute atomic E-state index is 0.341. The number of hydrogen-bond donors (Lipinski definition) is 1. The number of β-amino-alcohol motifs (C(OH)–C–C–N with tert-alkyl or cyclic N) is 1. The lowest BCUT2D eigenvalue weighted by molar-refractivity contribution is -0.146. The molecule has 1 N–H and O–H groups in total. The van der Waals surface area contributed by atoms with E-state index in [1.165, 1.54) is 13.2 Å². The first kappa shape index (κ1) is 14.4. The second-order valence-electron chi connectivity index (χ2n) is 4.61. The summed E-state index contributed by atoms with van der Waals surface area (Å²) in [6, 6.07) is 4.37. The number of carbonyl (C=O) groups excluding carboxylic acids is 1. The zero-order chi connectivity index (χ0) is 14.0. The van der Waals surface area contributed by atoms with Crippen molar-refractivity contribution in [3.05, 3.63) is 34.1 Å². The second-order valence-corrected chi connectivity index (χ2v) is 5.46. The Hall–Kier alpha value is -0.980. The predicted octanol–water partition coefficient (Wildman–Crippen LogP) is 1.70. The summed E-state index contributed by atoms with van der Waals surface area (Å²) in [4.78, 5) is 13.4. The summed E-state index contributed by atoms with van der Waals surface area (Å²) in [5.41, 5.74) is 0.753. The van der Waals surface area contributed by atoms with E-state index in [-0.39, 0.29) is 11.8 Å². The summed E-state index contributed by atoms with van der Waals surface area (Å²) < 4.78 is 18.6. The van der Waals surface area contributed by atoms with Gasteiger partial charge in [-0.05, 0) is 33.6 Å². The average Bonchev–Trinajstić information content (AvgIpc) is 2.74. The molecule has 104 valence electrons. The normalized spacial score (nSPS) is 23.6. The van der Waals surface area contributed by atoms with Crippen molar-refractivity contribution in [2.75, 3.05) is 13.7 Å². The fraction of sp³-hybridized carbons (Fsp3) is 0.462. The van der Waals surface area contributed by atoms with E-state index in [0.717, 1.165) is 5.56 Å². The van der Waals surface area contributed by atoms with Gasteiger partial charge in [0.05, 0.1) is 17.7 Å². The molecule has 0 aromatic heterocycles. The zero-order valence-electron chi connectivity index (χ0n) is 10.5. The van der Waals surface area contributed by atoms with Gasteiger partial charge < -0.3 is 9.84 Å². The van der Waals surface area contributed by atoms with E-state index in [2.05, 4.69) is 15.9 Å². The Kier molecular flexibility index (Phi) is 4.54. The summed E-state index contributed by atoms with van der Waals surface area (Å²) in [6.45, 7) is 0.790. The van der Waals surface area contributed by atoms with Gasteiger partial charge in [-0.3, -0.25) is 9.69 Å². The number of methoxy groups -OCH3 is 1. The lowest BCUT2D eigenvalue weighted by Crippen LogP contribution is -2.36. The molecule has 1 aliphatic rings. The van der Waals surface area contributed by atoms with E-state index in [1.807, 2.05) is 0 Å². The molecule has 0 aliphatic carbocycles. The number of aliphatic hydroxyl groups is 1. The van der Waals surface area contributed by atoms with Crippen molar-refractivity contribution in [2.45, 2.75) is 25.1 Å². The molecular formula is C13H15BrFNO3. The highest BCUT2D eigenvalue weighted by Crippen LogP contribution is 2.23. The molecule has 1 fully saturated rings. The van der Waals surface area contributed by atoms with Crippen LogP contribution in [0.1, 0.15) is 12.0 Å². The molecule has 0 amide bonds.